The van der Waals surface area contributed by atoms with Gasteiger partial charge in [-0.2, -0.15) is 4.39 Å². The fourth-order valence-corrected chi connectivity index (χ4v) is 2.22. The van der Waals surface area contributed by atoms with E-state index in [9.17, 15) is 4.39 Å². The molecule has 0 saturated heterocycles. The van der Waals surface area contributed by atoms with Crippen molar-refractivity contribution in [1.82, 2.24) is 19.9 Å². The van der Waals surface area contributed by atoms with Gasteiger partial charge in [0, 0.05) is 34.9 Å². The molecule has 4 rings (SSSR count). The maximum atomic E-state index is 12.9. The smallest absolute Gasteiger partial charge is 0.212 e. The second-order valence-electron chi connectivity index (χ2n) is 4.43. The van der Waals surface area contributed by atoms with Crippen molar-refractivity contribution in [1.29, 1.82) is 0 Å². The molecule has 0 aliphatic heterocycles. The predicted octanol–water partition coefficient (Wildman–Crippen LogP) is 3.31. The average molecular weight is 265 g/mol. The van der Waals surface area contributed by atoms with Crippen molar-refractivity contribution in [3.8, 4) is 11.3 Å². The van der Waals surface area contributed by atoms with Crippen LogP contribution in [0.4, 0.5) is 4.39 Å². The SMILES string of the molecule is [2H]c1cc2c(nc1-c1ccc(F)nc1)[nH]c1ccncc12. The van der Waals surface area contributed by atoms with E-state index in [4.69, 9.17) is 1.37 Å². The average Bonchev–Trinajstić information content (AvgIpc) is 2.85. The van der Waals surface area contributed by atoms with Crippen LogP contribution in [0.5, 0.6) is 0 Å². The maximum absolute atomic E-state index is 12.9. The number of H-pyrrole nitrogens is 1. The molecule has 0 bridgehead atoms. The monoisotopic (exact) mass is 265 g/mol. The number of aromatic amines is 1. The van der Waals surface area contributed by atoms with E-state index in [-0.39, 0.29) is 6.04 Å². The molecule has 0 aliphatic carbocycles. The van der Waals surface area contributed by atoms with Crippen LogP contribution in [0.15, 0.2) is 48.9 Å². The molecule has 0 spiro atoms. The Labute approximate surface area is 114 Å². The normalized spacial score (nSPS) is 11.9. The summed E-state index contributed by atoms with van der Waals surface area (Å²) < 4.78 is 21.0. The number of nitrogens with one attached hydrogen (secondary N) is 1. The van der Waals surface area contributed by atoms with E-state index >= 15 is 0 Å². The zero-order valence-electron chi connectivity index (χ0n) is 11.3. The van der Waals surface area contributed by atoms with Crippen LogP contribution in [0, 0.1) is 5.95 Å². The molecule has 0 saturated carbocycles. The van der Waals surface area contributed by atoms with Crippen molar-refractivity contribution in [3.05, 3.63) is 54.8 Å². The van der Waals surface area contributed by atoms with Gasteiger partial charge in [0.1, 0.15) is 5.65 Å². The molecule has 4 heterocycles. The van der Waals surface area contributed by atoms with Crippen LogP contribution in [-0.2, 0) is 0 Å². The number of rotatable bonds is 1. The fraction of sp³-hybridized carbons (Fsp3) is 0. The number of aromatic nitrogens is 4. The van der Waals surface area contributed by atoms with Crippen LogP contribution in [0.1, 0.15) is 1.37 Å². The van der Waals surface area contributed by atoms with E-state index in [2.05, 4.69) is 19.9 Å². The summed E-state index contributed by atoms with van der Waals surface area (Å²) in [6, 6.07) is 6.69. The Morgan fingerprint density at radius 2 is 2.05 bits per heavy atom. The third-order valence-electron chi connectivity index (χ3n) is 3.20. The van der Waals surface area contributed by atoms with Gasteiger partial charge in [-0.25, -0.2) is 9.97 Å². The summed E-state index contributed by atoms with van der Waals surface area (Å²) in [5, 5.41) is 1.78. The Bertz CT molecular complexity index is 963. The zero-order chi connectivity index (χ0) is 14.4. The van der Waals surface area contributed by atoms with Crippen LogP contribution in [0.25, 0.3) is 33.2 Å². The largest absolute Gasteiger partial charge is 0.339 e. The first-order chi connectivity index (χ1) is 10.2. The molecule has 0 unspecified atom stereocenters. The molecule has 5 heteroatoms. The Kier molecular flexibility index (Phi) is 2.05. The molecular weight excluding hydrogens is 255 g/mol. The van der Waals surface area contributed by atoms with Crippen molar-refractivity contribution in [3.63, 3.8) is 0 Å². The lowest BCUT2D eigenvalue weighted by Crippen LogP contribution is -1.87. The lowest BCUT2D eigenvalue weighted by molar-refractivity contribution is 0.584. The highest BCUT2D eigenvalue weighted by molar-refractivity contribution is 6.05. The quantitative estimate of drug-likeness (QED) is 0.537. The molecule has 4 aromatic rings. The predicted molar refractivity (Wildman–Crippen MR) is 74.6 cm³/mol. The Morgan fingerprint density at radius 3 is 2.90 bits per heavy atom. The lowest BCUT2D eigenvalue weighted by Gasteiger charge is -2.00. The minimum atomic E-state index is -0.553. The van der Waals surface area contributed by atoms with Crippen LogP contribution in [-0.4, -0.2) is 19.9 Å². The lowest BCUT2D eigenvalue weighted by atomic mass is 10.1. The van der Waals surface area contributed by atoms with Crippen molar-refractivity contribution >= 4 is 21.9 Å². The van der Waals surface area contributed by atoms with Crippen molar-refractivity contribution < 1.29 is 5.76 Å². The van der Waals surface area contributed by atoms with Gasteiger partial charge in [-0.15, -0.1) is 0 Å². The van der Waals surface area contributed by atoms with E-state index in [0.717, 1.165) is 16.3 Å². The zero-order valence-corrected chi connectivity index (χ0v) is 10.3. The molecule has 1 N–H and O–H groups in total. The van der Waals surface area contributed by atoms with Gasteiger partial charge in [-0.3, -0.25) is 4.98 Å². The molecule has 4 aromatic heterocycles. The minimum Gasteiger partial charge on any atom is -0.339 e. The summed E-state index contributed by atoms with van der Waals surface area (Å²) in [4.78, 5) is 15.4. The van der Waals surface area contributed by atoms with Crippen molar-refractivity contribution in [2.24, 2.45) is 0 Å². The fourth-order valence-electron chi connectivity index (χ4n) is 2.22. The van der Waals surface area contributed by atoms with E-state index in [1.807, 2.05) is 6.07 Å². The molecule has 20 heavy (non-hydrogen) atoms. The summed E-state index contributed by atoms with van der Waals surface area (Å²) in [7, 11) is 0. The summed E-state index contributed by atoms with van der Waals surface area (Å²) in [6.45, 7) is 0. The number of hydrogen-bond acceptors (Lipinski definition) is 3. The summed E-state index contributed by atoms with van der Waals surface area (Å²) in [5.74, 6) is -0.553. The molecule has 0 amide bonds. The maximum Gasteiger partial charge on any atom is 0.212 e. The van der Waals surface area contributed by atoms with E-state index in [1.54, 1.807) is 24.5 Å². The second kappa shape index (κ2) is 4.09. The van der Waals surface area contributed by atoms with Gasteiger partial charge in [0.25, 0.3) is 0 Å². The van der Waals surface area contributed by atoms with Crippen molar-refractivity contribution in [2.45, 2.75) is 0 Å². The Morgan fingerprint density at radius 1 is 1.10 bits per heavy atom. The van der Waals surface area contributed by atoms with E-state index in [0.29, 0.717) is 16.9 Å². The van der Waals surface area contributed by atoms with Gasteiger partial charge in [-0.05, 0) is 30.3 Å². The highest BCUT2D eigenvalue weighted by atomic mass is 19.1. The molecule has 0 aliphatic rings. The standard InChI is InChI=1S/C15H9FN4/c16-14-4-1-9(7-18-14)12-3-2-10-11-8-17-6-5-13(11)20-15(10)19-12/h1-8H,(H,19,20)/i3D. The molecule has 0 aromatic carbocycles. The van der Waals surface area contributed by atoms with E-state index < -0.39 is 5.95 Å². The summed E-state index contributed by atoms with van der Waals surface area (Å²) in [5.41, 5.74) is 2.67. The van der Waals surface area contributed by atoms with Gasteiger partial charge >= 0.3 is 0 Å². The van der Waals surface area contributed by atoms with E-state index in [1.165, 1.54) is 12.3 Å². The highest BCUT2D eigenvalue weighted by Gasteiger charge is 2.07. The van der Waals surface area contributed by atoms with Gasteiger partial charge < -0.3 is 4.98 Å². The number of hydrogen-bond donors (Lipinski definition) is 1. The topological polar surface area (TPSA) is 54.5 Å². The Balaban J connectivity index is 2.00. The third-order valence-corrected chi connectivity index (χ3v) is 3.20. The molecular formula is C15H9FN4. The second-order valence-corrected chi connectivity index (χ2v) is 4.43. The van der Waals surface area contributed by atoms with Gasteiger partial charge in [0.15, 0.2) is 0 Å². The first kappa shape index (κ1) is 10.0. The molecule has 0 atom stereocenters. The van der Waals surface area contributed by atoms with Crippen LogP contribution in [0.2, 0.25) is 0 Å². The highest BCUT2D eigenvalue weighted by Crippen LogP contribution is 2.26. The summed E-state index contributed by atoms with van der Waals surface area (Å²) in [6.07, 6.45) is 4.82. The van der Waals surface area contributed by atoms with Gasteiger partial charge in [0.2, 0.25) is 5.95 Å². The summed E-state index contributed by atoms with van der Waals surface area (Å²) >= 11 is 0. The molecule has 4 nitrogen and oxygen atoms in total. The van der Waals surface area contributed by atoms with Gasteiger partial charge in [0.05, 0.1) is 12.6 Å². The Hall–Kier alpha value is -2.82. The molecule has 0 fully saturated rings. The minimum absolute atomic E-state index is 0.265. The molecule has 0 radical (unpaired) electrons. The third kappa shape index (κ3) is 1.64. The number of fused-ring (bicyclic) bond motifs is 3. The van der Waals surface area contributed by atoms with Crippen LogP contribution < -0.4 is 0 Å². The van der Waals surface area contributed by atoms with Crippen molar-refractivity contribution in [2.75, 3.05) is 0 Å². The number of halogens is 1. The number of nitrogens with zero attached hydrogens (tertiary/aromatic N) is 3. The molecule has 96 valence electrons. The van der Waals surface area contributed by atoms with Crippen LogP contribution in [0.3, 0.4) is 0 Å². The van der Waals surface area contributed by atoms with Crippen LogP contribution >= 0.6 is 0 Å². The number of pyridine rings is 3. The van der Waals surface area contributed by atoms with Gasteiger partial charge in [-0.1, -0.05) is 0 Å². The first-order valence-corrected chi connectivity index (χ1v) is 6.07. The first-order valence-electron chi connectivity index (χ1n) is 6.57.